The fraction of sp³-hybridized carbons (Fsp3) is 1.00. The van der Waals surface area contributed by atoms with Gasteiger partial charge in [0, 0.05) is 18.7 Å². The van der Waals surface area contributed by atoms with Crippen LogP contribution in [-0.4, -0.2) is 25.3 Å². The van der Waals surface area contributed by atoms with Crippen molar-refractivity contribution < 1.29 is 4.74 Å². The van der Waals surface area contributed by atoms with Crippen LogP contribution in [0.3, 0.4) is 0 Å². The summed E-state index contributed by atoms with van der Waals surface area (Å²) in [4.78, 5) is 0. The molecule has 1 saturated carbocycles. The van der Waals surface area contributed by atoms with Gasteiger partial charge in [0.05, 0.1) is 6.61 Å². The highest BCUT2D eigenvalue weighted by atomic mass is 16.5. The molecule has 0 radical (unpaired) electrons. The second-order valence-electron chi connectivity index (χ2n) is 5.04. The van der Waals surface area contributed by atoms with Crippen molar-refractivity contribution >= 4 is 0 Å². The summed E-state index contributed by atoms with van der Waals surface area (Å²) in [6.45, 7) is 4.28. The second kappa shape index (κ2) is 5.13. The van der Waals surface area contributed by atoms with Crippen LogP contribution in [0.4, 0.5) is 0 Å². The zero-order valence-corrected chi connectivity index (χ0v) is 9.30. The van der Waals surface area contributed by atoms with E-state index in [1.165, 1.54) is 38.5 Å². The molecule has 1 atom stereocenters. The number of rotatable bonds is 2. The van der Waals surface area contributed by atoms with Crippen molar-refractivity contribution in [2.24, 2.45) is 5.92 Å². The Balaban J connectivity index is 1.68. The van der Waals surface area contributed by atoms with E-state index >= 15 is 0 Å². The molecule has 0 spiro atoms. The molecule has 2 fully saturated rings. The molecule has 1 aliphatic carbocycles. The van der Waals surface area contributed by atoms with Crippen molar-refractivity contribution in [3.8, 4) is 0 Å². The topological polar surface area (TPSA) is 21.3 Å². The number of nitrogens with one attached hydrogen (secondary N) is 1. The minimum atomic E-state index is 0.641. The molecule has 1 saturated heterocycles. The third-order valence-corrected chi connectivity index (χ3v) is 3.65. The lowest BCUT2D eigenvalue weighted by atomic mass is 9.87. The van der Waals surface area contributed by atoms with Crippen LogP contribution < -0.4 is 5.32 Å². The molecule has 1 heterocycles. The monoisotopic (exact) mass is 197 g/mol. The molecule has 2 nitrogen and oxygen atoms in total. The van der Waals surface area contributed by atoms with Crippen molar-refractivity contribution in [2.75, 3.05) is 13.2 Å². The maximum absolute atomic E-state index is 5.48. The molecular weight excluding hydrogens is 174 g/mol. The van der Waals surface area contributed by atoms with E-state index in [1.54, 1.807) is 0 Å². The molecule has 0 aromatic carbocycles. The first-order chi connectivity index (χ1) is 6.84. The zero-order chi connectivity index (χ0) is 9.80. The Morgan fingerprint density at radius 3 is 2.43 bits per heavy atom. The van der Waals surface area contributed by atoms with Crippen LogP contribution in [-0.2, 0) is 4.74 Å². The lowest BCUT2D eigenvalue weighted by Gasteiger charge is -2.32. The fourth-order valence-electron chi connectivity index (χ4n) is 2.63. The molecule has 1 N–H and O–H groups in total. The summed E-state index contributed by atoms with van der Waals surface area (Å²) < 4.78 is 5.48. The molecule has 0 aromatic heterocycles. The first-order valence-corrected chi connectivity index (χ1v) is 6.18. The minimum absolute atomic E-state index is 0.641. The minimum Gasteiger partial charge on any atom is -0.380 e. The summed E-state index contributed by atoms with van der Waals surface area (Å²) in [5, 5.41) is 3.75. The van der Waals surface area contributed by atoms with Gasteiger partial charge in [-0.15, -0.1) is 0 Å². The Morgan fingerprint density at radius 1 is 1.00 bits per heavy atom. The molecule has 2 rings (SSSR count). The SMILES string of the molecule is CC1CCC(NC2CCCOC2)CC1. The maximum Gasteiger partial charge on any atom is 0.0619 e. The van der Waals surface area contributed by atoms with Crippen LogP contribution in [0.1, 0.15) is 45.4 Å². The van der Waals surface area contributed by atoms with Crippen LogP contribution in [0.25, 0.3) is 0 Å². The predicted octanol–water partition coefficient (Wildman–Crippen LogP) is 2.33. The second-order valence-corrected chi connectivity index (χ2v) is 5.04. The summed E-state index contributed by atoms with van der Waals surface area (Å²) in [7, 11) is 0. The van der Waals surface area contributed by atoms with E-state index in [0.29, 0.717) is 6.04 Å². The lowest BCUT2D eigenvalue weighted by Crippen LogP contribution is -2.44. The molecule has 2 heteroatoms. The van der Waals surface area contributed by atoms with Crippen LogP contribution in [0.5, 0.6) is 0 Å². The van der Waals surface area contributed by atoms with Crippen LogP contribution >= 0.6 is 0 Å². The van der Waals surface area contributed by atoms with Gasteiger partial charge in [-0.3, -0.25) is 0 Å². The molecule has 82 valence electrons. The first kappa shape index (κ1) is 10.4. The van der Waals surface area contributed by atoms with E-state index in [2.05, 4.69) is 12.2 Å². The Bertz CT molecular complexity index is 158. The maximum atomic E-state index is 5.48. The van der Waals surface area contributed by atoms with E-state index in [-0.39, 0.29) is 0 Å². The summed E-state index contributed by atoms with van der Waals surface area (Å²) in [6, 6.07) is 1.42. The van der Waals surface area contributed by atoms with Crippen molar-refractivity contribution in [3.63, 3.8) is 0 Å². The van der Waals surface area contributed by atoms with E-state index in [0.717, 1.165) is 25.2 Å². The highest BCUT2D eigenvalue weighted by molar-refractivity contribution is 4.80. The van der Waals surface area contributed by atoms with Crippen LogP contribution in [0.15, 0.2) is 0 Å². The van der Waals surface area contributed by atoms with Crippen molar-refractivity contribution in [1.29, 1.82) is 0 Å². The van der Waals surface area contributed by atoms with Gasteiger partial charge in [0.2, 0.25) is 0 Å². The molecule has 14 heavy (non-hydrogen) atoms. The molecule has 1 unspecified atom stereocenters. The quantitative estimate of drug-likeness (QED) is 0.733. The Morgan fingerprint density at radius 2 is 1.79 bits per heavy atom. The summed E-state index contributed by atoms with van der Waals surface area (Å²) in [5.41, 5.74) is 0. The smallest absolute Gasteiger partial charge is 0.0619 e. The van der Waals surface area contributed by atoms with E-state index in [9.17, 15) is 0 Å². The normalized spacial score (nSPS) is 39.6. The average molecular weight is 197 g/mol. The Kier molecular flexibility index (Phi) is 3.82. The van der Waals surface area contributed by atoms with Gasteiger partial charge in [0.25, 0.3) is 0 Å². The molecule has 2 aliphatic rings. The molecule has 0 amide bonds. The van der Waals surface area contributed by atoms with Crippen molar-refractivity contribution in [1.82, 2.24) is 5.32 Å². The highest BCUT2D eigenvalue weighted by Gasteiger charge is 2.22. The van der Waals surface area contributed by atoms with Gasteiger partial charge in [-0.05, 0) is 44.4 Å². The molecule has 0 bridgehead atoms. The highest BCUT2D eigenvalue weighted by Crippen LogP contribution is 2.24. The summed E-state index contributed by atoms with van der Waals surface area (Å²) in [5.74, 6) is 0.954. The van der Waals surface area contributed by atoms with Gasteiger partial charge >= 0.3 is 0 Å². The largest absolute Gasteiger partial charge is 0.380 e. The van der Waals surface area contributed by atoms with Gasteiger partial charge in [-0.25, -0.2) is 0 Å². The Hall–Kier alpha value is -0.0800. The third-order valence-electron chi connectivity index (χ3n) is 3.65. The first-order valence-electron chi connectivity index (χ1n) is 6.18. The van der Waals surface area contributed by atoms with Gasteiger partial charge in [-0.2, -0.15) is 0 Å². The molecule has 1 aliphatic heterocycles. The van der Waals surface area contributed by atoms with Gasteiger partial charge in [0.15, 0.2) is 0 Å². The van der Waals surface area contributed by atoms with E-state index in [4.69, 9.17) is 4.74 Å². The van der Waals surface area contributed by atoms with Crippen molar-refractivity contribution in [2.45, 2.75) is 57.5 Å². The van der Waals surface area contributed by atoms with Gasteiger partial charge < -0.3 is 10.1 Å². The zero-order valence-electron chi connectivity index (χ0n) is 9.30. The van der Waals surface area contributed by atoms with Crippen LogP contribution in [0.2, 0.25) is 0 Å². The standard InChI is InChI=1S/C12H23NO/c1-10-4-6-11(7-5-10)13-12-3-2-8-14-9-12/h10-13H,2-9H2,1H3. The third kappa shape index (κ3) is 2.96. The molecule has 0 aromatic rings. The van der Waals surface area contributed by atoms with Gasteiger partial charge in [0.1, 0.15) is 0 Å². The lowest BCUT2D eigenvalue weighted by molar-refractivity contribution is 0.0634. The fourth-order valence-corrected chi connectivity index (χ4v) is 2.63. The predicted molar refractivity (Wildman–Crippen MR) is 58.4 cm³/mol. The number of hydrogen-bond acceptors (Lipinski definition) is 2. The number of hydrogen-bond donors (Lipinski definition) is 1. The summed E-state index contributed by atoms with van der Waals surface area (Å²) >= 11 is 0. The number of ether oxygens (including phenoxy) is 1. The van der Waals surface area contributed by atoms with Crippen LogP contribution in [0, 0.1) is 5.92 Å². The average Bonchev–Trinajstić information content (AvgIpc) is 2.23. The molecular formula is C12H23NO. The van der Waals surface area contributed by atoms with E-state index < -0.39 is 0 Å². The van der Waals surface area contributed by atoms with E-state index in [1.807, 2.05) is 0 Å². The Labute approximate surface area is 87.4 Å². The van der Waals surface area contributed by atoms with Crippen molar-refractivity contribution in [3.05, 3.63) is 0 Å². The van der Waals surface area contributed by atoms with Gasteiger partial charge in [-0.1, -0.05) is 6.92 Å². The summed E-state index contributed by atoms with van der Waals surface area (Å²) in [6.07, 6.45) is 8.11.